The van der Waals surface area contributed by atoms with Gasteiger partial charge in [0.1, 0.15) is 11.3 Å². The van der Waals surface area contributed by atoms with Crippen LogP contribution in [0.3, 0.4) is 0 Å². The van der Waals surface area contributed by atoms with Gasteiger partial charge in [0.05, 0.1) is 16.8 Å². The second kappa shape index (κ2) is 5.37. The summed E-state index contributed by atoms with van der Waals surface area (Å²) >= 11 is 4.34. The fourth-order valence-electron chi connectivity index (χ4n) is 0.955. The molecular weight excluding hydrogens is 282 g/mol. The molecule has 1 rings (SSSR count). The van der Waals surface area contributed by atoms with Crippen LogP contribution in [0, 0.1) is 6.92 Å². The minimum Gasteiger partial charge on any atom is -0.466 e. The fourth-order valence-corrected chi connectivity index (χ4v) is 2.32. The summed E-state index contributed by atoms with van der Waals surface area (Å²) in [6.07, 6.45) is -0.228. The third kappa shape index (κ3) is 3.10. The van der Waals surface area contributed by atoms with E-state index in [-0.39, 0.29) is 18.8 Å². The van der Waals surface area contributed by atoms with Gasteiger partial charge in [-0.3, -0.25) is 9.59 Å². The quantitative estimate of drug-likeness (QED) is 0.485. The Morgan fingerprint density at radius 3 is 2.67 bits per heavy atom. The number of rotatable bonds is 4. The Hall–Kier alpha value is -0.750. The molecule has 0 aliphatic carbocycles. The Labute approximate surface area is 99.9 Å². The van der Waals surface area contributed by atoms with Gasteiger partial charge in [0.2, 0.25) is 0 Å². The molecule has 0 saturated heterocycles. The SMILES string of the molecule is CCOC(=O)CC(=O)c1snc(C)c1Br. The smallest absolute Gasteiger partial charge is 0.313 e. The van der Waals surface area contributed by atoms with E-state index >= 15 is 0 Å². The predicted molar refractivity (Wildman–Crippen MR) is 60.1 cm³/mol. The first kappa shape index (κ1) is 12.3. The Morgan fingerprint density at radius 1 is 1.53 bits per heavy atom. The minimum absolute atomic E-state index is 0.228. The number of halogens is 1. The van der Waals surface area contributed by atoms with Crippen molar-refractivity contribution in [2.75, 3.05) is 6.61 Å². The number of aromatic nitrogens is 1. The maximum Gasteiger partial charge on any atom is 0.313 e. The van der Waals surface area contributed by atoms with Gasteiger partial charge in [-0.05, 0) is 41.3 Å². The number of ketones is 1. The summed E-state index contributed by atoms with van der Waals surface area (Å²) in [5, 5.41) is 0. The molecule has 0 aliphatic rings. The lowest BCUT2D eigenvalue weighted by atomic mass is 10.2. The monoisotopic (exact) mass is 291 g/mol. The largest absolute Gasteiger partial charge is 0.466 e. The normalized spacial score (nSPS) is 10.1. The van der Waals surface area contributed by atoms with E-state index < -0.39 is 5.97 Å². The summed E-state index contributed by atoms with van der Waals surface area (Å²) in [4.78, 5) is 23.1. The second-order valence-corrected chi connectivity index (χ2v) is 4.38. The number of hydrogen-bond acceptors (Lipinski definition) is 5. The van der Waals surface area contributed by atoms with Gasteiger partial charge < -0.3 is 4.74 Å². The zero-order valence-corrected chi connectivity index (χ0v) is 10.8. The maximum absolute atomic E-state index is 11.6. The number of carbonyl (C=O) groups excluding carboxylic acids is 2. The van der Waals surface area contributed by atoms with Crippen molar-refractivity contribution in [2.24, 2.45) is 0 Å². The van der Waals surface area contributed by atoms with E-state index in [4.69, 9.17) is 0 Å². The number of carbonyl (C=O) groups is 2. The van der Waals surface area contributed by atoms with E-state index in [0.717, 1.165) is 17.2 Å². The summed E-state index contributed by atoms with van der Waals surface area (Å²) in [5.74, 6) is -0.758. The van der Waals surface area contributed by atoms with Crippen LogP contribution in [0.25, 0.3) is 0 Å². The lowest BCUT2D eigenvalue weighted by Gasteiger charge is -1.99. The fraction of sp³-hybridized carbons (Fsp3) is 0.444. The minimum atomic E-state index is -0.500. The lowest BCUT2D eigenvalue weighted by Crippen LogP contribution is -2.10. The topological polar surface area (TPSA) is 56.3 Å². The van der Waals surface area contributed by atoms with Crippen LogP contribution in [0.15, 0.2) is 4.47 Å². The third-order valence-electron chi connectivity index (χ3n) is 1.65. The van der Waals surface area contributed by atoms with Gasteiger partial charge >= 0.3 is 5.97 Å². The molecule has 1 heterocycles. The molecule has 0 atom stereocenters. The van der Waals surface area contributed by atoms with Crippen molar-refractivity contribution in [3.05, 3.63) is 15.0 Å². The molecular formula is C9H10BrNO3S. The molecule has 0 fully saturated rings. The molecule has 0 aromatic carbocycles. The molecule has 0 bridgehead atoms. The van der Waals surface area contributed by atoms with Crippen LogP contribution in [-0.4, -0.2) is 22.7 Å². The van der Waals surface area contributed by atoms with Gasteiger partial charge in [-0.15, -0.1) is 0 Å². The number of nitrogens with zero attached hydrogens (tertiary/aromatic N) is 1. The summed E-state index contributed by atoms with van der Waals surface area (Å²) in [6.45, 7) is 3.78. The Balaban J connectivity index is 2.69. The lowest BCUT2D eigenvalue weighted by molar-refractivity contribution is -0.141. The number of Topliss-reactive ketones (excluding diaryl/α,β-unsaturated/α-hetero) is 1. The second-order valence-electron chi connectivity index (χ2n) is 2.82. The van der Waals surface area contributed by atoms with Crippen LogP contribution >= 0.6 is 27.5 Å². The van der Waals surface area contributed by atoms with Crippen molar-refractivity contribution in [3.8, 4) is 0 Å². The van der Waals surface area contributed by atoms with Crippen LogP contribution in [0.1, 0.15) is 28.7 Å². The van der Waals surface area contributed by atoms with Crippen LogP contribution in [0.2, 0.25) is 0 Å². The van der Waals surface area contributed by atoms with Gasteiger partial charge in [-0.25, -0.2) is 0 Å². The molecule has 0 aliphatic heterocycles. The molecule has 6 heteroatoms. The van der Waals surface area contributed by atoms with Gasteiger partial charge in [0.15, 0.2) is 5.78 Å². The van der Waals surface area contributed by atoms with Crippen LogP contribution in [0.4, 0.5) is 0 Å². The molecule has 0 radical (unpaired) electrons. The molecule has 15 heavy (non-hydrogen) atoms. The van der Waals surface area contributed by atoms with Gasteiger partial charge in [0.25, 0.3) is 0 Å². The highest BCUT2D eigenvalue weighted by Crippen LogP contribution is 2.25. The van der Waals surface area contributed by atoms with Crippen LogP contribution in [0.5, 0.6) is 0 Å². The highest BCUT2D eigenvalue weighted by molar-refractivity contribution is 9.10. The zero-order valence-electron chi connectivity index (χ0n) is 8.37. The van der Waals surface area contributed by atoms with E-state index in [0.29, 0.717) is 9.35 Å². The average molecular weight is 292 g/mol. The molecule has 0 N–H and O–H groups in total. The van der Waals surface area contributed by atoms with E-state index in [1.165, 1.54) is 0 Å². The van der Waals surface area contributed by atoms with Crippen molar-refractivity contribution in [3.63, 3.8) is 0 Å². The summed E-state index contributed by atoms with van der Waals surface area (Å²) in [7, 11) is 0. The summed E-state index contributed by atoms with van der Waals surface area (Å²) in [6, 6.07) is 0. The number of aryl methyl sites for hydroxylation is 1. The van der Waals surface area contributed by atoms with E-state index in [9.17, 15) is 9.59 Å². The Kier molecular flexibility index (Phi) is 4.41. The molecule has 82 valence electrons. The molecule has 0 unspecified atom stereocenters. The van der Waals surface area contributed by atoms with E-state index in [2.05, 4.69) is 25.0 Å². The summed E-state index contributed by atoms with van der Waals surface area (Å²) < 4.78 is 9.37. The number of esters is 1. The number of ether oxygens (including phenoxy) is 1. The molecule has 4 nitrogen and oxygen atoms in total. The average Bonchev–Trinajstić information content (AvgIpc) is 2.48. The van der Waals surface area contributed by atoms with Crippen LogP contribution in [-0.2, 0) is 9.53 Å². The highest BCUT2D eigenvalue weighted by Gasteiger charge is 2.19. The standard InChI is InChI=1S/C9H10BrNO3S/c1-3-14-7(13)4-6(12)9-8(10)5(2)11-15-9/h3-4H2,1-2H3. The van der Waals surface area contributed by atoms with Crippen molar-refractivity contribution >= 4 is 39.2 Å². The van der Waals surface area contributed by atoms with Crippen molar-refractivity contribution in [2.45, 2.75) is 20.3 Å². The van der Waals surface area contributed by atoms with Gasteiger partial charge in [0, 0.05) is 0 Å². The van der Waals surface area contributed by atoms with Gasteiger partial charge in [-0.1, -0.05) is 0 Å². The van der Waals surface area contributed by atoms with E-state index in [1.807, 2.05) is 0 Å². The van der Waals surface area contributed by atoms with Gasteiger partial charge in [-0.2, -0.15) is 4.37 Å². The van der Waals surface area contributed by atoms with Crippen molar-refractivity contribution in [1.82, 2.24) is 4.37 Å². The maximum atomic E-state index is 11.6. The Bertz CT molecular complexity index is 389. The molecule has 0 amide bonds. The predicted octanol–water partition coefficient (Wildman–Crippen LogP) is 2.35. The van der Waals surface area contributed by atoms with Crippen LogP contribution < -0.4 is 0 Å². The van der Waals surface area contributed by atoms with Crippen molar-refractivity contribution in [1.29, 1.82) is 0 Å². The Morgan fingerprint density at radius 2 is 2.20 bits per heavy atom. The molecule has 1 aromatic heterocycles. The van der Waals surface area contributed by atoms with Crippen molar-refractivity contribution < 1.29 is 14.3 Å². The zero-order chi connectivity index (χ0) is 11.4. The molecule has 1 aromatic rings. The highest BCUT2D eigenvalue weighted by atomic mass is 79.9. The first-order chi connectivity index (χ1) is 7.06. The first-order valence-corrected chi connectivity index (χ1v) is 5.93. The molecule has 0 saturated carbocycles. The third-order valence-corrected chi connectivity index (χ3v) is 3.87. The number of hydrogen-bond donors (Lipinski definition) is 0. The molecule has 0 spiro atoms. The van der Waals surface area contributed by atoms with E-state index in [1.54, 1.807) is 13.8 Å². The first-order valence-electron chi connectivity index (χ1n) is 4.36. The summed E-state index contributed by atoms with van der Waals surface area (Å²) in [5.41, 5.74) is 0.757.